The van der Waals surface area contributed by atoms with E-state index < -0.39 is 11.6 Å². The van der Waals surface area contributed by atoms with Crippen LogP contribution in [0.1, 0.15) is 47.5 Å². The second-order valence-electron chi connectivity index (χ2n) is 6.17. The third-order valence-corrected chi connectivity index (χ3v) is 3.82. The van der Waals surface area contributed by atoms with Crippen LogP contribution in [0.15, 0.2) is 0 Å². The molecule has 0 bridgehead atoms. The largest absolute Gasteiger partial charge is 0.381 e. The number of hydrogen-bond acceptors (Lipinski definition) is 3. The van der Waals surface area contributed by atoms with Crippen LogP contribution in [0.4, 0.5) is 0 Å². The van der Waals surface area contributed by atoms with Gasteiger partial charge in [-0.1, -0.05) is 20.8 Å². The van der Waals surface area contributed by atoms with Crippen molar-refractivity contribution >= 4 is 11.8 Å². The maximum Gasteiger partial charge on any atom is 0.248 e. The van der Waals surface area contributed by atoms with Gasteiger partial charge in [0.25, 0.3) is 0 Å². The van der Waals surface area contributed by atoms with E-state index in [1.165, 1.54) is 0 Å². The van der Waals surface area contributed by atoms with E-state index in [1.54, 1.807) is 18.7 Å². The Morgan fingerprint density at radius 1 is 1.40 bits per heavy atom. The fourth-order valence-corrected chi connectivity index (χ4v) is 2.26. The quantitative estimate of drug-likeness (QED) is 0.722. The molecule has 2 unspecified atom stereocenters. The van der Waals surface area contributed by atoms with Crippen LogP contribution in [0.3, 0.4) is 0 Å². The molecule has 0 aromatic rings. The Morgan fingerprint density at radius 2 is 2.05 bits per heavy atom. The number of amides is 2. The van der Waals surface area contributed by atoms with Gasteiger partial charge in [0.05, 0.1) is 0 Å². The van der Waals surface area contributed by atoms with Gasteiger partial charge in [-0.2, -0.15) is 0 Å². The van der Waals surface area contributed by atoms with Crippen molar-refractivity contribution in [3.05, 3.63) is 0 Å². The molecule has 2 amide bonds. The average molecular weight is 284 g/mol. The van der Waals surface area contributed by atoms with Crippen molar-refractivity contribution < 1.29 is 14.3 Å². The third kappa shape index (κ3) is 3.95. The highest BCUT2D eigenvalue weighted by Crippen LogP contribution is 2.21. The molecule has 1 rings (SSSR count). The Morgan fingerprint density at radius 3 is 2.60 bits per heavy atom. The molecule has 20 heavy (non-hydrogen) atoms. The second-order valence-corrected chi connectivity index (χ2v) is 6.17. The number of carbonyl (C=O) groups is 2. The van der Waals surface area contributed by atoms with Crippen LogP contribution in [-0.4, -0.2) is 48.1 Å². The van der Waals surface area contributed by atoms with E-state index in [2.05, 4.69) is 19.2 Å². The lowest BCUT2D eigenvalue weighted by atomic mass is 9.92. The smallest absolute Gasteiger partial charge is 0.248 e. The summed E-state index contributed by atoms with van der Waals surface area (Å²) in [7, 11) is 0. The van der Waals surface area contributed by atoms with Gasteiger partial charge in [-0.05, 0) is 32.6 Å². The predicted molar refractivity (Wildman–Crippen MR) is 78.3 cm³/mol. The van der Waals surface area contributed by atoms with Gasteiger partial charge in [0.2, 0.25) is 11.8 Å². The lowest BCUT2D eigenvalue weighted by Crippen LogP contribution is -2.68. The minimum absolute atomic E-state index is 0.0101. The lowest BCUT2D eigenvalue weighted by Gasteiger charge is -2.43. The van der Waals surface area contributed by atoms with Gasteiger partial charge in [0, 0.05) is 19.8 Å². The molecule has 1 aliphatic rings. The Bertz CT molecular complexity index is 357. The zero-order valence-corrected chi connectivity index (χ0v) is 13.4. The summed E-state index contributed by atoms with van der Waals surface area (Å²) in [5.41, 5.74) is -0.762. The minimum Gasteiger partial charge on any atom is -0.381 e. The van der Waals surface area contributed by atoms with Gasteiger partial charge in [0.1, 0.15) is 11.6 Å². The average Bonchev–Trinajstić information content (AvgIpc) is 2.39. The second kappa shape index (κ2) is 7.07. The van der Waals surface area contributed by atoms with Gasteiger partial charge >= 0.3 is 0 Å². The van der Waals surface area contributed by atoms with E-state index in [9.17, 15) is 9.59 Å². The van der Waals surface area contributed by atoms with Crippen LogP contribution in [0, 0.1) is 5.92 Å². The number of rotatable bonds is 7. The Kier molecular flexibility index (Phi) is 5.99. The number of carbonyl (C=O) groups excluding carboxylic acids is 2. The molecule has 0 radical (unpaired) electrons. The van der Waals surface area contributed by atoms with E-state index in [0.29, 0.717) is 25.5 Å². The lowest BCUT2D eigenvalue weighted by molar-refractivity contribution is -0.153. The summed E-state index contributed by atoms with van der Waals surface area (Å²) in [5, 5.41) is 2.83. The molecular weight excluding hydrogens is 256 g/mol. The van der Waals surface area contributed by atoms with Crippen LogP contribution >= 0.6 is 0 Å². The molecular formula is C15H28N2O3. The molecule has 1 aliphatic heterocycles. The zero-order chi connectivity index (χ0) is 15.3. The first-order valence-electron chi connectivity index (χ1n) is 7.52. The van der Waals surface area contributed by atoms with Crippen molar-refractivity contribution in [1.82, 2.24) is 10.2 Å². The maximum atomic E-state index is 12.5. The van der Waals surface area contributed by atoms with Crippen LogP contribution in [0.2, 0.25) is 0 Å². The number of hydrogen-bond donors (Lipinski definition) is 1. The normalized spacial score (nSPS) is 27.1. The summed E-state index contributed by atoms with van der Waals surface area (Å²) < 4.78 is 5.52. The Labute approximate surface area is 122 Å². The highest BCUT2D eigenvalue weighted by Gasteiger charge is 2.44. The van der Waals surface area contributed by atoms with E-state index in [-0.39, 0.29) is 11.8 Å². The van der Waals surface area contributed by atoms with Crippen LogP contribution in [0.25, 0.3) is 0 Å². The molecule has 5 nitrogen and oxygen atoms in total. The molecule has 1 N–H and O–H groups in total. The summed E-state index contributed by atoms with van der Waals surface area (Å²) in [4.78, 5) is 26.1. The summed E-state index contributed by atoms with van der Waals surface area (Å²) in [5.74, 6) is 0.452. The molecule has 0 saturated carbocycles. The molecule has 0 aromatic carbocycles. The van der Waals surface area contributed by atoms with Crippen molar-refractivity contribution in [3.8, 4) is 0 Å². The number of ether oxygens (including phenoxy) is 1. The van der Waals surface area contributed by atoms with Gasteiger partial charge in [-0.15, -0.1) is 0 Å². The summed E-state index contributed by atoms with van der Waals surface area (Å²) in [6, 6.07) is -0.396. The molecule has 1 heterocycles. The van der Waals surface area contributed by atoms with E-state index in [4.69, 9.17) is 4.74 Å². The van der Waals surface area contributed by atoms with Crippen molar-refractivity contribution in [1.29, 1.82) is 0 Å². The van der Waals surface area contributed by atoms with Gasteiger partial charge in [0.15, 0.2) is 0 Å². The van der Waals surface area contributed by atoms with E-state index in [0.717, 1.165) is 13.0 Å². The standard InChI is InChI=1S/C15H28N2O3/c1-6-15(5)14(19)17(12(4)13(18)16-15)8-7-9-20-10-11(2)3/h11-12H,6-10H2,1-5H3,(H,16,18). The molecule has 2 atom stereocenters. The van der Waals surface area contributed by atoms with Gasteiger partial charge in [-0.3, -0.25) is 9.59 Å². The molecule has 116 valence electrons. The van der Waals surface area contributed by atoms with Crippen molar-refractivity contribution in [2.24, 2.45) is 5.92 Å². The van der Waals surface area contributed by atoms with Crippen LogP contribution in [0.5, 0.6) is 0 Å². The van der Waals surface area contributed by atoms with Crippen molar-refractivity contribution in [2.45, 2.75) is 59.0 Å². The van der Waals surface area contributed by atoms with Crippen molar-refractivity contribution in [2.75, 3.05) is 19.8 Å². The fourth-order valence-electron chi connectivity index (χ4n) is 2.26. The molecule has 0 aliphatic carbocycles. The topological polar surface area (TPSA) is 58.6 Å². The number of piperazine rings is 1. The van der Waals surface area contributed by atoms with Gasteiger partial charge < -0.3 is 15.0 Å². The van der Waals surface area contributed by atoms with E-state index >= 15 is 0 Å². The number of nitrogens with zero attached hydrogens (tertiary/aromatic N) is 1. The predicted octanol–water partition coefficient (Wildman–Crippen LogP) is 1.56. The van der Waals surface area contributed by atoms with E-state index in [1.807, 2.05) is 6.92 Å². The molecule has 0 aromatic heterocycles. The molecule has 1 fully saturated rings. The van der Waals surface area contributed by atoms with Crippen LogP contribution < -0.4 is 5.32 Å². The molecule has 0 spiro atoms. The fraction of sp³-hybridized carbons (Fsp3) is 0.867. The van der Waals surface area contributed by atoms with Crippen molar-refractivity contribution in [3.63, 3.8) is 0 Å². The summed E-state index contributed by atoms with van der Waals surface area (Å²) in [6.45, 7) is 11.6. The first-order valence-corrected chi connectivity index (χ1v) is 7.52. The third-order valence-electron chi connectivity index (χ3n) is 3.82. The summed E-state index contributed by atoms with van der Waals surface area (Å²) in [6.07, 6.45) is 1.36. The van der Waals surface area contributed by atoms with Crippen LogP contribution in [-0.2, 0) is 14.3 Å². The molecule has 1 saturated heterocycles. The first-order chi connectivity index (χ1) is 9.31. The first kappa shape index (κ1) is 17.0. The molecule has 5 heteroatoms. The van der Waals surface area contributed by atoms with Gasteiger partial charge in [-0.25, -0.2) is 0 Å². The SMILES string of the molecule is CCC1(C)NC(=O)C(C)N(CCCOCC(C)C)C1=O. The highest BCUT2D eigenvalue weighted by atomic mass is 16.5. The monoisotopic (exact) mass is 284 g/mol. The Balaban J connectivity index is 2.53. The maximum absolute atomic E-state index is 12.5. The Hall–Kier alpha value is -1.10. The minimum atomic E-state index is -0.762. The highest BCUT2D eigenvalue weighted by molar-refractivity contribution is 5.99. The zero-order valence-electron chi connectivity index (χ0n) is 13.4. The summed E-state index contributed by atoms with van der Waals surface area (Å²) >= 11 is 0. The number of nitrogens with one attached hydrogen (secondary N) is 1.